The normalized spacial score (nSPS) is 17.9. The van der Waals surface area contributed by atoms with E-state index in [4.69, 9.17) is 17.2 Å². The Labute approximate surface area is 181 Å². The predicted octanol–water partition coefficient (Wildman–Crippen LogP) is 5.71. The SMILES string of the molecule is Cc1cc(N2CCCC2)nc2ccc(CC(=S)CCCCN3CCCCC3)cc12. The molecule has 3 heterocycles. The van der Waals surface area contributed by atoms with Crippen molar-refractivity contribution in [1.29, 1.82) is 0 Å². The van der Waals surface area contributed by atoms with Crippen LogP contribution in [-0.4, -0.2) is 47.5 Å². The van der Waals surface area contributed by atoms with Crippen LogP contribution in [0.5, 0.6) is 0 Å². The molecule has 0 unspecified atom stereocenters. The summed E-state index contributed by atoms with van der Waals surface area (Å²) in [4.78, 5) is 11.2. The van der Waals surface area contributed by atoms with E-state index in [0.29, 0.717) is 0 Å². The van der Waals surface area contributed by atoms with Crippen LogP contribution in [0.1, 0.15) is 62.5 Å². The zero-order valence-corrected chi connectivity index (χ0v) is 18.8. The van der Waals surface area contributed by atoms with Crippen molar-refractivity contribution < 1.29 is 0 Å². The van der Waals surface area contributed by atoms with Crippen molar-refractivity contribution in [1.82, 2.24) is 9.88 Å². The number of fused-ring (bicyclic) bond motifs is 1. The highest BCUT2D eigenvalue weighted by atomic mass is 32.1. The monoisotopic (exact) mass is 409 g/mol. The molecule has 1 aromatic carbocycles. The van der Waals surface area contributed by atoms with Gasteiger partial charge in [0.1, 0.15) is 5.82 Å². The van der Waals surface area contributed by atoms with E-state index in [9.17, 15) is 0 Å². The number of piperidine rings is 1. The van der Waals surface area contributed by atoms with Gasteiger partial charge in [-0.3, -0.25) is 0 Å². The van der Waals surface area contributed by atoms with Gasteiger partial charge >= 0.3 is 0 Å². The minimum Gasteiger partial charge on any atom is -0.357 e. The number of hydrogen-bond donors (Lipinski definition) is 0. The lowest BCUT2D eigenvalue weighted by Crippen LogP contribution is -2.30. The molecule has 2 saturated heterocycles. The van der Waals surface area contributed by atoms with E-state index >= 15 is 0 Å². The van der Waals surface area contributed by atoms with Crippen molar-refractivity contribution >= 4 is 33.8 Å². The standard InChI is InChI=1S/C25H35N3S/c1-20-17-25(28-15-7-8-16-28)26-24-11-10-21(19-23(20)24)18-22(29)9-3-6-14-27-12-4-2-5-13-27/h10-11,17,19H,2-9,12-16,18H2,1H3. The lowest BCUT2D eigenvalue weighted by molar-refractivity contribution is 0.225. The van der Waals surface area contributed by atoms with E-state index in [-0.39, 0.29) is 0 Å². The Morgan fingerprint density at radius 1 is 0.966 bits per heavy atom. The Bertz CT molecular complexity index is 835. The van der Waals surface area contributed by atoms with Gasteiger partial charge in [0.25, 0.3) is 0 Å². The topological polar surface area (TPSA) is 19.4 Å². The average molecular weight is 410 g/mol. The van der Waals surface area contributed by atoms with Crippen LogP contribution in [0.15, 0.2) is 24.3 Å². The fourth-order valence-corrected chi connectivity index (χ4v) is 5.11. The maximum atomic E-state index is 5.72. The number of anilines is 1. The first kappa shape index (κ1) is 20.7. The summed E-state index contributed by atoms with van der Waals surface area (Å²) in [5.74, 6) is 1.14. The molecule has 2 fully saturated rings. The number of pyridine rings is 1. The summed E-state index contributed by atoms with van der Waals surface area (Å²) in [6.45, 7) is 8.35. The molecule has 4 rings (SSSR count). The molecule has 29 heavy (non-hydrogen) atoms. The summed E-state index contributed by atoms with van der Waals surface area (Å²) in [7, 11) is 0. The summed E-state index contributed by atoms with van der Waals surface area (Å²) in [6, 6.07) is 8.99. The van der Waals surface area contributed by atoms with Crippen molar-refractivity contribution in [2.75, 3.05) is 37.6 Å². The van der Waals surface area contributed by atoms with Crippen molar-refractivity contribution in [2.24, 2.45) is 0 Å². The molecular weight excluding hydrogens is 374 g/mol. The third-order valence-corrected chi connectivity index (χ3v) is 6.87. The van der Waals surface area contributed by atoms with Crippen LogP contribution in [0.4, 0.5) is 5.82 Å². The minimum atomic E-state index is 0.919. The van der Waals surface area contributed by atoms with Gasteiger partial charge in [-0.05, 0) is 106 Å². The fourth-order valence-electron chi connectivity index (χ4n) is 4.80. The molecule has 0 atom stereocenters. The molecule has 0 aliphatic carbocycles. The Balaban J connectivity index is 1.31. The predicted molar refractivity (Wildman–Crippen MR) is 128 cm³/mol. The molecule has 3 nitrogen and oxygen atoms in total. The summed E-state index contributed by atoms with van der Waals surface area (Å²) >= 11 is 5.72. The first-order valence-corrected chi connectivity index (χ1v) is 12.0. The molecule has 2 aromatic rings. The average Bonchev–Trinajstić information content (AvgIpc) is 3.27. The highest BCUT2D eigenvalue weighted by Gasteiger charge is 2.15. The molecule has 0 saturated carbocycles. The van der Waals surface area contributed by atoms with Gasteiger partial charge in [0.05, 0.1) is 5.52 Å². The molecule has 156 valence electrons. The van der Waals surface area contributed by atoms with Gasteiger partial charge < -0.3 is 9.80 Å². The number of aromatic nitrogens is 1. The van der Waals surface area contributed by atoms with Crippen molar-refractivity contribution in [3.63, 3.8) is 0 Å². The highest BCUT2D eigenvalue weighted by molar-refractivity contribution is 7.80. The molecule has 0 amide bonds. The molecule has 4 heteroatoms. The number of likely N-dealkylation sites (tertiary alicyclic amines) is 1. The van der Waals surface area contributed by atoms with Crippen LogP contribution < -0.4 is 4.90 Å². The van der Waals surface area contributed by atoms with E-state index in [1.165, 1.54) is 86.0 Å². The Morgan fingerprint density at radius 3 is 2.52 bits per heavy atom. The summed E-state index contributed by atoms with van der Waals surface area (Å²) in [6.07, 6.45) is 11.3. The summed E-state index contributed by atoms with van der Waals surface area (Å²) in [5, 5.41) is 1.28. The van der Waals surface area contributed by atoms with Gasteiger partial charge in [0.2, 0.25) is 0 Å². The van der Waals surface area contributed by atoms with Gasteiger partial charge in [-0.25, -0.2) is 4.98 Å². The van der Waals surface area contributed by atoms with Gasteiger partial charge in [-0.1, -0.05) is 24.7 Å². The van der Waals surface area contributed by atoms with E-state index in [0.717, 1.165) is 37.3 Å². The van der Waals surface area contributed by atoms with Crippen LogP contribution in [0.2, 0.25) is 0 Å². The van der Waals surface area contributed by atoms with E-state index < -0.39 is 0 Å². The van der Waals surface area contributed by atoms with Gasteiger partial charge in [-0.15, -0.1) is 0 Å². The minimum absolute atomic E-state index is 0.919. The maximum absolute atomic E-state index is 5.72. The van der Waals surface area contributed by atoms with Crippen LogP contribution in [0.25, 0.3) is 10.9 Å². The smallest absolute Gasteiger partial charge is 0.129 e. The zero-order chi connectivity index (χ0) is 20.1. The van der Waals surface area contributed by atoms with Crippen LogP contribution in [0.3, 0.4) is 0 Å². The van der Waals surface area contributed by atoms with Crippen molar-refractivity contribution in [3.8, 4) is 0 Å². The van der Waals surface area contributed by atoms with Crippen LogP contribution >= 0.6 is 12.2 Å². The Morgan fingerprint density at radius 2 is 1.72 bits per heavy atom. The third kappa shape index (κ3) is 5.55. The zero-order valence-electron chi connectivity index (χ0n) is 18.0. The molecule has 2 aliphatic rings. The van der Waals surface area contributed by atoms with Crippen molar-refractivity contribution in [3.05, 3.63) is 35.4 Å². The van der Waals surface area contributed by atoms with Gasteiger partial charge in [0, 0.05) is 24.9 Å². The quantitative estimate of drug-likeness (QED) is 0.410. The van der Waals surface area contributed by atoms with Crippen LogP contribution in [0, 0.1) is 6.92 Å². The number of thiocarbonyl (C=S) groups is 1. The number of benzene rings is 1. The Hall–Kier alpha value is -1.52. The number of nitrogens with zero attached hydrogens (tertiary/aromatic N) is 3. The lowest BCUT2D eigenvalue weighted by Gasteiger charge is -2.26. The molecule has 0 bridgehead atoms. The number of hydrogen-bond acceptors (Lipinski definition) is 4. The molecule has 2 aliphatic heterocycles. The number of aryl methyl sites for hydroxylation is 1. The van der Waals surface area contributed by atoms with Crippen molar-refractivity contribution in [2.45, 2.75) is 64.7 Å². The number of rotatable bonds is 8. The Kier molecular flexibility index (Phi) is 7.15. The molecule has 0 radical (unpaired) electrons. The highest BCUT2D eigenvalue weighted by Crippen LogP contribution is 2.26. The fraction of sp³-hybridized carbons (Fsp3) is 0.600. The van der Waals surface area contributed by atoms with Crippen LogP contribution in [-0.2, 0) is 6.42 Å². The van der Waals surface area contributed by atoms with E-state index in [1.54, 1.807) is 0 Å². The number of unbranched alkanes of at least 4 members (excludes halogenated alkanes) is 1. The lowest BCUT2D eigenvalue weighted by atomic mass is 10.0. The van der Waals surface area contributed by atoms with E-state index in [1.807, 2.05) is 0 Å². The van der Waals surface area contributed by atoms with E-state index in [2.05, 4.69) is 41.0 Å². The van der Waals surface area contributed by atoms with Gasteiger partial charge in [0.15, 0.2) is 0 Å². The second-order valence-corrected chi connectivity index (χ2v) is 9.50. The first-order valence-electron chi connectivity index (χ1n) is 11.6. The third-order valence-electron chi connectivity index (χ3n) is 6.53. The first-order chi connectivity index (χ1) is 14.2. The molecule has 0 spiro atoms. The maximum Gasteiger partial charge on any atom is 0.129 e. The second kappa shape index (κ2) is 9.99. The summed E-state index contributed by atoms with van der Waals surface area (Å²) in [5.41, 5.74) is 3.77. The summed E-state index contributed by atoms with van der Waals surface area (Å²) < 4.78 is 0. The molecule has 0 N–H and O–H groups in total. The largest absolute Gasteiger partial charge is 0.357 e. The molecular formula is C25H35N3S. The second-order valence-electron chi connectivity index (χ2n) is 8.92. The molecule has 1 aromatic heterocycles. The van der Waals surface area contributed by atoms with Gasteiger partial charge in [-0.2, -0.15) is 0 Å².